The molecule has 0 fully saturated rings. The van der Waals surface area contributed by atoms with Gasteiger partial charge in [-0.3, -0.25) is 15.2 Å². The molecular weight excluding hydrogens is 332 g/mol. The second kappa shape index (κ2) is 6.32. The van der Waals surface area contributed by atoms with Gasteiger partial charge < -0.3 is 4.57 Å². The molecule has 0 unspecified atom stereocenters. The number of aryl methyl sites for hydroxylation is 1. The predicted octanol–water partition coefficient (Wildman–Crippen LogP) is 2.03. The third-order valence-corrected chi connectivity index (χ3v) is 4.21. The molecule has 26 heavy (non-hydrogen) atoms. The highest BCUT2D eigenvalue weighted by Gasteiger charge is 2.09. The van der Waals surface area contributed by atoms with Crippen LogP contribution in [-0.4, -0.2) is 26.0 Å². The van der Waals surface area contributed by atoms with E-state index in [1.807, 2.05) is 18.2 Å². The summed E-state index contributed by atoms with van der Waals surface area (Å²) in [6, 6.07) is 14.4. The maximum atomic E-state index is 11.6. The van der Waals surface area contributed by atoms with Gasteiger partial charge in [-0.1, -0.05) is 24.3 Å². The molecule has 4 rings (SSSR count). The fraction of sp³-hybridized carbons (Fsp3) is 0.111. The Morgan fingerprint density at radius 2 is 1.96 bits per heavy atom. The summed E-state index contributed by atoms with van der Waals surface area (Å²) in [4.78, 5) is 24.6. The first-order valence-electron chi connectivity index (χ1n) is 8.16. The fourth-order valence-corrected chi connectivity index (χ4v) is 3.08. The Bertz CT molecular complexity index is 1250. The molecule has 8 heteroatoms. The molecule has 0 bridgehead atoms. The third kappa shape index (κ3) is 2.67. The van der Waals surface area contributed by atoms with E-state index in [0.717, 1.165) is 23.0 Å². The maximum absolute atomic E-state index is 11.6. The van der Waals surface area contributed by atoms with Crippen molar-refractivity contribution in [1.29, 1.82) is 0 Å². The van der Waals surface area contributed by atoms with Crippen LogP contribution in [0.1, 0.15) is 12.5 Å². The number of aromatic amines is 2. The molecule has 0 saturated heterocycles. The van der Waals surface area contributed by atoms with Crippen molar-refractivity contribution < 1.29 is 0 Å². The number of fused-ring (bicyclic) bond motifs is 3. The number of anilines is 1. The number of H-pyrrole nitrogens is 2. The Morgan fingerprint density at radius 3 is 2.77 bits per heavy atom. The largest absolute Gasteiger partial charge is 0.342 e. The van der Waals surface area contributed by atoms with E-state index in [0.29, 0.717) is 0 Å². The van der Waals surface area contributed by atoms with Crippen molar-refractivity contribution in [2.24, 2.45) is 5.10 Å². The topological polar surface area (TPSA) is 108 Å². The molecule has 0 amide bonds. The molecule has 2 aromatic carbocycles. The average molecular weight is 348 g/mol. The van der Waals surface area contributed by atoms with Crippen LogP contribution in [0.4, 0.5) is 5.82 Å². The molecule has 0 saturated carbocycles. The number of benzene rings is 2. The number of hydrazone groups is 1. The standard InChI is InChI=1S/C18H16N6O2/c1-2-24-14-6-4-3-5-12(14)13-9-11(7-8-15(13)24)10-19-21-16-17(25)20-18(26)23-22-16/h3-10H,2H2,1H3,(H,21,22)(H2,20,23,25,26). The number of hydrogen-bond acceptors (Lipinski definition) is 5. The van der Waals surface area contributed by atoms with Crippen LogP contribution < -0.4 is 16.7 Å². The van der Waals surface area contributed by atoms with Crippen LogP contribution in [0.3, 0.4) is 0 Å². The van der Waals surface area contributed by atoms with E-state index < -0.39 is 11.2 Å². The van der Waals surface area contributed by atoms with Gasteiger partial charge in [0.25, 0.3) is 5.56 Å². The van der Waals surface area contributed by atoms with Crippen LogP contribution in [0.2, 0.25) is 0 Å². The van der Waals surface area contributed by atoms with E-state index in [2.05, 4.69) is 61.5 Å². The monoisotopic (exact) mass is 348 g/mol. The van der Waals surface area contributed by atoms with E-state index in [-0.39, 0.29) is 5.82 Å². The summed E-state index contributed by atoms with van der Waals surface area (Å²) in [6.45, 7) is 3.01. The Labute approximate surface area is 147 Å². The van der Waals surface area contributed by atoms with Crippen LogP contribution in [0.5, 0.6) is 0 Å². The maximum Gasteiger partial charge on any atom is 0.342 e. The summed E-state index contributed by atoms with van der Waals surface area (Å²) in [6.07, 6.45) is 1.60. The molecule has 0 aliphatic rings. The van der Waals surface area contributed by atoms with Crippen molar-refractivity contribution in [3.63, 3.8) is 0 Å². The summed E-state index contributed by atoms with van der Waals surface area (Å²) in [5, 5.41) is 12.1. The molecule has 0 radical (unpaired) electrons. The Kier molecular flexibility index (Phi) is 3.85. The van der Waals surface area contributed by atoms with Gasteiger partial charge >= 0.3 is 5.69 Å². The average Bonchev–Trinajstić information content (AvgIpc) is 2.97. The molecule has 2 aromatic heterocycles. The Hall–Kier alpha value is -3.68. The van der Waals surface area contributed by atoms with Crippen LogP contribution in [-0.2, 0) is 6.54 Å². The zero-order valence-electron chi connectivity index (χ0n) is 14.0. The lowest BCUT2D eigenvalue weighted by Crippen LogP contribution is -2.25. The van der Waals surface area contributed by atoms with Gasteiger partial charge in [-0.25, -0.2) is 9.89 Å². The van der Waals surface area contributed by atoms with Gasteiger partial charge in [0.15, 0.2) is 0 Å². The van der Waals surface area contributed by atoms with Gasteiger partial charge in [0.2, 0.25) is 5.82 Å². The molecule has 4 aromatic rings. The highest BCUT2D eigenvalue weighted by Crippen LogP contribution is 2.29. The molecule has 0 aliphatic heterocycles. The minimum Gasteiger partial charge on any atom is -0.341 e. The van der Waals surface area contributed by atoms with Gasteiger partial charge in [-0.2, -0.15) is 5.10 Å². The van der Waals surface area contributed by atoms with E-state index in [1.54, 1.807) is 6.21 Å². The summed E-state index contributed by atoms with van der Waals surface area (Å²) in [5.74, 6) is -0.0792. The van der Waals surface area contributed by atoms with Crippen molar-refractivity contribution in [1.82, 2.24) is 19.7 Å². The second-order valence-electron chi connectivity index (χ2n) is 5.76. The number of aromatic nitrogens is 4. The number of hydrogen-bond donors (Lipinski definition) is 3. The van der Waals surface area contributed by atoms with Crippen molar-refractivity contribution in [3.8, 4) is 0 Å². The Balaban J connectivity index is 1.70. The van der Waals surface area contributed by atoms with E-state index in [9.17, 15) is 9.59 Å². The number of para-hydroxylation sites is 1. The van der Waals surface area contributed by atoms with Crippen molar-refractivity contribution in [2.45, 2.75) is 13.5 Å². The van der Waals surface area contributed by atoms with E-state index in [4.69, 9.17) is 0 Å². The Morgan fingerprint density at radius 1 is 1.15 bits per heavy atom. The molecule has 0 spiro atoms. The first kappa shape index (κ1) is 15.8. The second-order valence-corrected chi connectivity index (χ2v) is 5.76. The van der Waals surface area contributed by atoms with Crippen molar-refractivity contribution in [2.75, 3.05) is 5.43 Å². The van der Waals surface area contributed by atoms with Crippen LogP contribution >= 0.6 is 0 Å². The first-order chi connectivity index (χ1) is 12.7. The molecule has 0 atom stereocenters. The lowest BCUT2D eigenvalue weighted by molar-refractivity contribution is 0.827. The minimum absolute atomic E-state index is 0.0792. The zero-order chi connectivity index (χ0) is 18.1. The number of nitrogens with zero attached hydrogens (tertiary/aromatic N) is 3. The quantitative estimate of drug-likeness (QED) is 0.387. The number of nitrogens with one attached hydrogen (secondary N) is 3. The van der Waals surface area contributed by atoms with Crippen LogP contribution in [0.25, 0.3) is 21.8 Å². The van der Waals surface area contributed by atoms with Gasteiger partial charge in [0.05, 0.1) is 6.21 Å². The molecular formula is C18H16N6O2. The lowest BCUT2D eigenvalue weighted by atomic mass is 10.1. The minimum atomic E-state index is -0.665. The first-order valence-corrected chi connectivity index (χ1v) is 8.16. The van der Waals surface area contributed by atoms with Crippen LogP contribution in [0, 0.1) is 0 Å². The van der Waals surface area contributed by atoms with Gasteiger partial charge in [-0.15, -0.1) is 5.10 Å². The molecule has 130 valence electrons. The van der Waals surface area contributed by atoms with Gasteiger partial charge in [0, 0.05) is 28.4 Å². The SMILES string of the molecule is CCn1c2ccccc2c2cc(C=NNc3n[nH]c(=O)[nH]c3=O)ccc21. The summed E-state index contributed by atoms with van der Waals surface area (Å²) in [5.41, 5.74) is 4.47. The smallest absolute Gasteiger partial charge is 0.341 e. The molecule has 0 aliphatic carbocycles. The zero-order valence-corrected chi connectivity index (χ0v) is 14.0. The van der Waals surface area contributed by atoms with Crippen molar-refractivity contribution in [3.05, 3.63) is 68.9 Å². The summed E-state index contributed by atoms with van der Waals surface area (Å²) >= 11 is 0. The van der Waals surface area contributed by atoms with Crippen LogP contribution in [0.15, 0.2) is 57.2 Å². The van der Waals surface area contributed by atoms with Gasteiger partial charge in [-0.05, 0) is 30.7 Å². The summed E-state index contributed by atoms with van der Waals surface area (Å²) < 4.78 is 2.27. The molecule has 3 N–H and O–H groups in total. The van der Waals surface area contributed by atoms with E-state index in [1.165, 1.54) is 10.9 Å². The van der Waals surface area contributed by atoms with E-state index >= 15 is 0 Å². The molecule has 8 nitrogen and oxygen atoms in total. The van der Waals surface area contributed by atoms with Crippen molar-refractivity contribution >= 4 is 33.8 Å². The highest BCUT2D eigenvalue weighted by atomic mass is 16.2. The lowest BCUT2D eigenvalue weighted by Gasteiger charge is -2.02. The fourth-order valence-electron chi connectivity index (χ4n) is 3.08. The normalized spacial score (nSPS) is 11.6. The predicted molar refractivity (Wildman–Crippen MR) is 102 cm³/mol. The third-order valence-electron chi connectivity index (χ3n) is 4.21. The summed E-state index contributed by atoms with van der Waals surface area (Å²) in [7, 11) is 0. The highest BCUT2D eigenvalue weighted by molar-refractivity contribution is 6.09. The van der Waals surface area contributed by atoms with Gasteiger partial charge in [0.1, 0.15) is 0 Å². The molecule has 2 heterocycles. The number of rotatable bonds is 4.